The highest BCUT2D eigenvalue weighted by atomic mass is 79.9. The van der Waals surface area contributed by atoms with Crippen LogP contribution in [0.5, 0.6) is 0 Å². The highest BCUT2D eigenvalue weighted by Gasteiger charge is 2.09. The van der Waals surface area contributed by atoms with Gasteiger partial charge in [-0.3, -0.25) is 9.59 Å². The van der Waals surface area contributed by atoms with Crippen LogP contribution in [-0.4, -0.2) is 39.8 Å². The van der Waals surface area contributed by atoms with Gasteiger partial charge in [0.25, 0.3) is 0 Å². The minimum absolute atomic E-state index is 0. The van der Waals surface area contributed by atoms with E-state index in [-0.39, 0.29) is 45.5 Å². The lowest BCUT2D eigenvalue weighted by Crippen LogP contribution is -3.04. The molecule has 0 heterocycles. The van der Waals surface area contributed by atoms with E-state index < -0.39 is 0 Å². The fraction of sp³-hybridized carbons (Fsp3) is 0.176. The van der Waals surface area contributed by atoms with Crippen LogP contribution < -0.4 is 43.8 Å². The fourth-order valence-corrected chi connectivity index (χ4v) is 3.88. The van der Waals surface area contributed by atoms with Crippen molar-refractivity contribution in [1.29, 1.82) is 0 Å². The molecule has 0 saturated carbocycles. The number of quaternary nitrogens is 2. The summed E-state index contributed by atoms with van der Waals surface area (Å²) in [6, 6.07) is 34.5. The minimum atomic E-state index is 0. The van der Waals surface area contributed by atoms with Crippen molar-refractivity contribution in [3.8, 4) is 0 Å². The highest BCUT2D eigenvalue weighted by Crippen LogP contribution is 2.12. The molecule has 4 rings (SSSR count). The average Bonchev–Trinajstić information content (AvgIpc) is 2.95. The minimum Gasteiger partial charge on any atom is -1.00 e. The Kier molecular flexibility index (Phi) is 18.3. The van der Waals surface area contributed by atoms with Crippen molar-refractivity contribution >= 4 is 11.6 Å². The van der Waals surface area contributed by atoms with Crippen molar-refractivity contribution in [2.75, 3.05) is 28.2 Å². The summed E-state index contributed by atoms with van der Waals surface area (Å²) in [4.78, 5) is 27.1. The van der Waals surface area contributed by atoms with Crippen LogP contribution in [0.3, 0.4) is 0 Å². The van der Waals surface area contributed by atoms with Crippen LogP contribution in [0.25, 0.3) is 0 Å². The molecule has 4 aromatic carbocycles. The summed E-state index contributed by atoms with van der Waals surface area (Å²) >= 11 is 0. The van der Waals surface area contributed by atoms with E-state index in [4.69, 9.17) is 0 Å². The molecule has 4 aromatic rings. The van der Waals surface area contributed by atoms with E-state index in [1.165, 1.54) is 20.9 Å². The molecule has 212 valence electrons. The van der Waals surface area contributed by atoms with Crippen molar-refractivity contribution in [1.82, 2.24) is 0 Å². The lowest BCUT2D eigenvalue weighted by atomic mass is 10.0. The summed E-state index contributed by atoms with van der Waals surface area (Å²) in [7, 11) is 8.46. The topological polar surface area (TPSA) is 43.0 Å². The van der Waals surface area contributed by atoms with E-state index in [9.17, 15) is 9.59 Å². The second kappa shape index (κ2) is 19.8. The van der Waals surface area contributed by atoms with Gasteiger partial charge in [0.15, 0.2) is 11.6 Å². The van der Waals surface area contributed by atoms with Gasteiger partial charge in [-0.1, -0.05) is 109 Å². The predicted octanol–water partition coefficient (Wildman–Crippen LogP) is -2.07. The van der Waals surface area contributed by atoms with E-state index in [0.717, 1.165) is 35.3 Å². The van der Waals surface area contributed by atoms with Gasteiger partial charge in [-0.15, -0.1) is 13.2 Å². The second-order valence-electron chi connectivity index (χ2n) is 9.55. The Balaban J connectivity index is 0.000000684. The first-order valence-electron chi connectivity index (χ1n) is 12.8. The molecule has 0 aliphatic carbocycles. The number of hydrogen-bond acceptors (Lipinski definition) is 2. The molecule has 4 nitrogen and oxygen atoms in total. The number of ketones is 2. The van der Waals surface area contributed by atoms with Crippen molar-refractivity contribution < 1.29 is 53.4 Å². The molecule has 0 atom stereocenters. The van der Waals surface area contributed by atoms with Crippen molar-refractivity contribution in [3.05, 3.63) is 156 Å². The summed E-state index contributed by atoms with van der Waals surface area (Å²) in [6.07, 6.45) is 0. The highest BCUT2D eigenvalue weighted by molar-refractivity contribution is 6.09. The van der Waals surface area contributed by atoms with Crippen molar-refractivity contribution in [2.24, 2.45) is 0 Å². The maximum atomic E-state index is 12.2. The van der Waals surface area contributed by atoms with E-state index in [2.05, 4.69) is 41.3 Å². The molecule has 40 heavy (non-hydrogen) atoms. The van der Waals surface area contributed by atoms with Crippen molar-refractivity contribution in [2.45, 2.75) is 13.1 Å². The maximum Gasteiger partial charge on any atom is 0.193 e. The summed E-state index contributed by atoms with van der Waals surface area (Å²) in [5.41, 5.74) is 5.48. The predicted molar refractivity (Wildman–Crippen MR) is 157 cm³/mol. The number of benzene rings is 4. The molecule has 0 radical (unpaired) electrons. The first kappa shape index (κ1) is 36.8. The lowest BCUT2D eigenvalue weighted by Gasteiger charge is -2.07. The molecular weight excluding hydrogens is 628 g/mol. The lowest BCUT2D eigenvalue weighted by molar-refractivity contribution is -0.872. The molecule has 0 aromatic heterocycles. The van der Waals surface area contributed by atoms with E-state index >= 15 is 0 Å². The van der Waals surface area contributed by atoms with Crippen LogP contribution in [0.2, 0.25) is 0 Å². The van der Waals surface area contributed by atoms with E-state index in [0.29, 0.717) is 0 Å². The van der Waals surface area contributed by atoms with Gasteiger partial charge in [0.2, 0.25) is 0 Å². The van der Waals surface area contributed by atoms with Crippen LogP contribution >= 0.6 is 0 Å². The number of carbonyl (C=O) groups excluding carboxylic acids is 2. The van der Waals surface area contributed by atoms with Crippen LogP contribution in [0.4, 0.5) is 0 Å². The Bertz CT molecular complexity index is 1160. The molecule has 0 spiro atoms. The van der Waals surface area contributed by atoms with Gasteiger partial charge in [-0.2, -0.15) is 0 Å². The average molecular weight is 669 g/mol. The number of nitrogens with one attached hydrogen (secondary N) is 2. The Hall–Kier alpha value is -3.16. The van der Waals surface area contributed by atoms with Gasteiger partial charge < -0.3 is 43.8 Å². The Morgan fingerprint density at radius 3 is 0.975 bits per heavy atom. The summed E-state index contributed by atoms with van der Waals surface area (Å²) in [5.74, 6) is 0.165. The zero-order valence-corrected chi connectivity index (χ0v) is 27.0. The third-order valence-corrected chi connectivity index (χ3v) is 5.62. The monoisotopic (exact) mass is 666 g/mol. The molecule has 2 N–H and O–H groups in total. The smallest absolute Gasteiger partial charge is 0.193 e. The largest absolute Gasteiger partial charge is 1.00 e. The third kappa shape index (κ3) is 12.3. The van der Waals surface area contributed by atoms with E-state index in [1.54, 1.807) is 0 Å². The van der Waals surface area contributed by atoms with Gasteiger partial charge in [0, 0.05) is 33.4 Å². The summed E-state index contributed by atoms with van der Waals surface area (Å²) in [6.45, 7) is 7.94. The third-order valence-electron chi connectivity index (χ3n) is 5.62. The SMILES string of the molecule is C=C.C[NH+](C)Cc1ccc(C(=O)c2ccccc2)cc1.C[NH+](C)Cc1ccc(C(=O)c2ccccc2)cc1.[Br-].[Br-]. The van der Waals surface area contributed by atoms with Crippen molar-refractivity contribution in [3.63, 3.8) is 0 Å². The number of hydrogen-bond donors (Lipinski definition) is 2. The zero-order valence-electron chi connectivity index (χ0n) is 23.8. The van der Waals surface area contributed by atoms with Crippen LogP contribution in [0.15, 0.2) is 122 Å². The van der Waals surface area contributed by atoms with Gasteiger partial charge >= 0.3 is 0 Å². The maximum absolute atomic E-state index is 12.2. The molecule has 0 aliphatic rings. The Morgan fingerprint density at radius 1 is 0.475 bits per heavy atom. The van der Waals surface area contributed by atoms with Gasteiger partial charge in [0.05, 0.1) is 28.2 Å². The fourth-order valence-electron chi connectivity index (χ4n) is 3.88. The standard InChI is InChI=1S/2C16H17NO.C2H4.2BrH/c2*1-17(2)12-13-8-10-15(11-9-13)16(18)14-6-4-3-5-7-14;1-2;;/h2*3-11H,12H2,1-2H3;1-2H2;2*1H. The molecule has 0 saturated heterocycles. The first-order valence-corrected chi connectivity index (χ1v) is 12.8. The number of rotatable bonds is 8. The first-order chi connectivity index (χ1) is 18.3. The summed E-state index contributed by atoms with van der Waals surface area (Å²) < 4.78 is 0. The molecule has 0 fully saturated rings. The molecular formula is C34H40Br2N2O2. The number of carbonyl (C=O) groups is 2. The molecule has 0 unspecified atom stereocenters. The number of halogens is 2. The molecule has 0 aliphatic heterocycles. The zero-order chi connectivity index (χ0) is 27.9. The van der Waals surface area contributed by atoms with Gasteiger partial charge in [-0.05, 0) is 0 Å². The van der Waals surface area contributed by atoms with Gasteiger partial charge in [-0.25, -0.2) is 0 Å². The van der Waals surface area contributed by atoms with Crippen LogP contribution in [-0.2, 0) is 13.1 Å². The Labute approximate surface area is 260 Å². The normalized spacial score (nSPS) is 9.65. The Morgan fingerprint density at radius 2 is 0.725 bits per heavy atom. The van der Waals surface area contributed by atoms with Crippen LogP contribution in [0.1, 0.15) is 43.0 Å². The van der Waals surface area contributed by atoms with E-state index in [1.807, 2.05) is 109 Å². The van der Waals surface area contributed by atoms with Gasteiger partial charge in [0.1, 0.15) is 13.1 Å². The summed E-state index contributed by atoms with van der Waals surface area (Å²) in [5, 5.41) is 0. The van der Waals surface area contributed by atoms with Crippen LogP contribution in [0, 0.1) is 0 Å². The quantitative estimate of drug-likeness (QED) is 0.168. The molecule has 0 amide bonds. The second-order valence-corrected chi connectivity index (χ2v) is 9.55. The molecule has 0 bridgehead atoms. The molecule has 6 heteroatoms.